The zero-order valence-electron chi connectivity index (χ0n) is 12.6. The van der Waals surface area contributed by atoms with Crippen molar-refractivity contribution in [2.75, 3.05) is 7.05 Å². The fourth-order valence-electron chi connectivity index (χ4n) is 2.80. The van der Waals surface area contributed by atoms with Crippen LogP contribution in [0.3, 0.4) is 0 Å². The molecule has 21 heavy (non-hydrogen) atoms. The molecule has 1 N–H and O–H groups in total. The van der Waals surface area contributed by atoms with E-state index in [1.165, 1.54) is 16.7 Å². The largest absolute Gasteiger partial charge is 0.309 e. The Morgan fingerprint density at radius 2 is 1.76 bits per heavy atom. The van der Waals surface area contributed by atoms with Crippen molar-refractivity contribution in [2.45, 2.75) is 19.9 Å². The predicted molar refractivity (Wildman–Crippen MR) is 86.4 cm³/mol. The van der Waals surface area contributed by atoms with Gasteiger partial charge in [0.25, 0.3) is 0 Å². The van der Waals surface area contributed by atoms with Gasteiger partial charge in [-0.15, -0.1) is 0 Å². The number of benzene rings is 2. The molecule has 3 nitrogen and oxygen atoms in total. The molecular formula is C18H19N3. The summed E-state index contributed by atoms with van der Waals surface area (Å²) in [7, 11) is 1.99. The molecule has 1 heterocycles. The van der Waals surface area contributed by atoms with Crippen LogP contribution in [-0.4, -0.2) is 17.0 Å². The van der Waals surface area contributed by atoms with Gasteiger partial charge < -0.3 is 5.32 Å². The van der Waals surface area contributed by atoms with E-state index in [0.717, 1.165) is 16.6 Å². The third-order valence-corrected chi connectivity index (χ3v) is 3.88. The highest BCUT2D eigenvalue weighted by molar-refractivity contribution is 5.78. The van der Waals surface area contributed by atoms with Gasteiger partial charge in [-0.25, -0.2) is 0 Å². The third kappa shape index (κ3) is 2.52. The highest BCUT2D eigenvalue weighted by Crippen LogP contribution is 2.29. The standard InChI is InChI=1S/C18H19N3/c1-12-7-8-13(2)15(11-12)17(19-3)14-5-4-6-16-18(14)21-10-9-20-16/h4-11,17,19H,1-3H3. The summed E-state index contributed by atoms with van der Waals surface area (Å²) >= 11 is 0. The second kappa shape index (κ2) is 5.62. The number of hydrogen-bond acceptors (Lipinski definition) is 3. The summed E-state index contributed by atoms with van der Waals surface area (Å²) in [4.78, 5) is 8.93. The summed E-state index contributed by atoms with van der Waals surface area (Å²) in [5, 5.41) is 3.43. The minimum Gasteiger partial charge on any atom is -0.309 e. The summed E-state index contributed by atoms with van der Waals surface area (Å²) in [5.74, 6) is 0. The second-order valence-electron chi connectivity index (χ2n) is 5.35. The average Bonchev–Trinajstić information content (AvgIpc) is 2.51. The molecule has 1 aromatic heterocycles. The van der Waals surface area contributed by atoms with Crippen LogP contribution < -0.4 is 5.32 Å². The first-order valence-corrected chi connectivity index (χ1v) is 7.15. The molecule has 2 aromatic carbocycles. The third-order valence-electron chi connectivity index (χ3n) is 3.88. The van der Waals surface area contributed by atoms with Crippen LogP contribution in [0.5, 0.6) is 0 Å². The number of aryl methyl sites for hydroxylation is 2. The molecule has 0 amide bonds. The summed E-state index contributed by atoms with van der Waals surface area (Å²) in [6, 6.07) is 12.8. The molecule has 106 valence electrons. The van der Waals surface area contributed by atoms with E-state index in [0.29, 0.717) is 0 Å². The first-order valence-electron chi connectivity index (χ1n) is 7.15. The van der Waals surface area contributed by atoms with Gasteiger partial charge in [0, 0.05) is 18.0 Å². The lowest BCUT2D eigenvalue weighted by Gasteiger charge is -2.21. The van der Waals surface area contributed by atoms with Gasteiger partial charge in [-0.05, 0) is 38.1 Å². The molecule has 1 unspecified atom stereocenters. The van der Waals surface area contributed by atoms with Crippen LogP contribution in [0.4, 0.5) is 0 Å². The normalized spacial score (nSPS) is 12.5. The molecule has 0 aliphatic carbocycles. The minimum atomic E-state index is 0.116. The van der Waals surface area contributed by atoms with Gasteiger partial charge in [0.2, 0.25) is 0 Å². The average molecular weight is 277 g/mol. The lowest BCUT2D eigenvalue weighted by atomic mass is 9.93. The molecule has 1 atom stereocenters. The molecule has 0 saturated heterocycles. The van der Waals surface area contributed by atoms with Crippen LogP contribution in [0.15, 0.2) is 48.8 Å². The molecule has 0 bridgehead atoms. The van der Waals surface area contributed by atoms with Gasteiger partial charge in [-0.3, -0.25) is 9.97 Å². The lowest BCUT2D eigenvalue weighted by Crippen LogP contribution is -2.19. The molecule has 3 rings (SSSR count). The van der Waals surface area contributed by atoms with Gasteiger partial charge in [-0.1, -0.05) is 35.9 Å². The van der Waals surface area contributed by atoms with Crippen LogP contribution in [0.1, 0.15) is 28.3 Å². The first kappa shape index (κ1) is 13.7. The Morgan fingerprint density at radius 3 is 2.57 bits per heavy atom. The number of nitrogens with one attached hydrogen (secondary N) is 1. The van der Waals surface area contributed by atoms with Crippen molar-refractivity contribution in [3.63, 3.8) is 0 Å². The number of rotatable bonds is 3. The Morgan fingerprint density at radius 1 is 0.952 bits per heavy atom. The van der Waals surface area contributed by atoms with Crippen LogP contribution in [-0.2, 0) is 0 Å². The van der Waals surface area contributed by atoms with Gasteiger partial charge in [0.05, 0.1) is 17.1 Å². The van der Waals surface area contributed by atoms with Crippen molar-refractivity contribution >= 4 is 11.0 Å². The maximum atomic E-state index is 4.53. The van der Waals surface area contributed by atoms with Gasteiger partial charge in [0.1, 0.15) is 0 Å². The minimum absolute atomic E-state index is 0.116. The molecule has 0 spiro atoms. The fraction of sp³-hybridized carbons (Fsp3) is 0.222. The maximum absolute atomic E-state index is 4.53. The van der Waals surface area contributed by atoms with Gasteiger partial charge >= 0.3 is 0 Å². The molecule has 0 radical (unpaired) electrons. The molecular weight excluding hydrogens is 258 g/mol. The van der Waals surface area contributed by atoms with Gasteiger partial charge in [-0.2, -0.15) is 0 Å². The number of para-hydroxylation sites is 1. The van der Waals surface area contributed by atoms with Crippen LogP contribution in [0.2, 0.25) is 0 Å². The van der Waals surface area contributed by atoms with Crippen molar-refractivity contribution in [1.82, 2.24) is 15.3 Å². The SMILES string of the molecule is CNC(c1cc(C)ccc1C)c1cccc2nccnc12. The van der Waals surface area contributed by atoms with E-state index < -0.39 is 0 Å². The number of nitrogens with zero attached hydrogens (tertiary/aromatic N) is 2. The summed E-state index contributed by atoms with van der Waals surface area (Å²) in [5.41, 5.74) is 6.89. The highest BCUT2D eigenvalue weighted by atomic mass is 14.9. The Labute approximate surface area is 125 Å². The van der Waals surface area contributed by atoms with E-state index in [9.17, 15) is 0 Å². The van der Waals surface area contributed by atoms with E-state index in [1.54, 1.807) is 12.4 Å². The molecule has 0 saturated carbocycles. The maximum Gasteiger partial charge on any atom is 0.0937 e. The van der Waals surface area contributed by atoms with E-state index in [2.05, 4.69) is 53.4 Å². The fourth-order valence-corrected chi connectivity index (χ4v) is 2.80. The molecule has 0 fully saturated rings. The number of aromatic nitrogens is 2. The Balaban J connectivity index is 2.21. The Hall–Kier alpha value is -2.26. The summed E-state index contributed by atoms with van der Waals surface area (Å²) < 4.78 is 0. The second-order valence-corrected chi connectivity index (χ2v) is 5.35. The Bertz CT molecular complexity index is 775. The van der Waals surface area contributed by atoms with Crippen molar-refractivity contribution in [1.29, 1.82) is 0 Å². The number of hydrogen-bond donors (Lipinski definition) is 1. The first-order chi connectivity index (χ1) is 10.2. The van der Waals surface area contributed by atoms with E-state index in [1.807, 2.05) is 19.2 Å². The predicted octanol–water partition coefficient (Wildman–Crippen LogP) is 3.56. The van der Waals surface area contributed by atoms with Crippen LogP contribution in [0, 0.1) is 13.8 Å². The summed E-state index contributed by atoms with van der Waals surface area (Å²) in [6.45, 7) is 4.27. The number of fused-ring (bicyclic) bond motifs is 1. The van der Waals surface area contributed by atoms with Crippen LogP contribution >= 0.6 is 0 Å². The van der Waals surface area contributed by atoms with Crippen molar-refractivity contribution in [2.24, 2.45) is 0 Å². The van der Waals surface area contributed by atoms with E-state index in [4.69, 9.17) is 0 Å². The van der Waals surface area contributed by atoms with E-state index >= 15 is 0 Å². The van der Waals surface area contributed by atoms with Crippen molar-refractivity contribution < 1.29 is 0 Å². The molecule has 3 aromatic rings. The van der Waals surface area contributed by atoms with Crippen molar-refractivity contribution in [3.8, 4) is 0 Å². The quantitative estimate of drug-likeness (QED) is 0.795. The monoisotopic (exact) mass is 277 g/mol. The van der Waals surface area contributed by atoms with Gasteiger partial charge in [0.15, 0.2) is 0 Å². The molecule has 0 aliphatic rings. The molecule has 3 heteroatoms. The van der Waals surface area contributed by atoms with E-state index in [-0.39, 0.29) is 6.04 Å². The smallest absolute Gasteiger partial charge is 0.0937 e. The molecule has 0 aliphatic heterocycles. The lowest BCUT2D eigenvalue weighted by molar-refractivity contribution is 0.690. The van der Waals surface area contributed by atoms with Crippen LogP contribution in [0.25, 0.3) is 11.0 Å². The highest BCUT2D eigenvalue weighted by Gasteiger charge is 2.17. The zero-order valence-corrected chi connectivity index (χ0v) is 12.6. The zero-order chi connectivity index (χ0) is 14.8. The topological polar surface area (TPSA) is 37.8 Å². The van der Waals surface area contributed by atoms with Crippen molar-refractivity contribution in [3.05, 3.63) is 71.0 Å². The summed E-state index contributed by atoms with van der Waals surface area (Å²) in [6.07, 6.45) is 3.49. The Kier molecular flexibility index (Phi) is 3.67.